The van der Waals surface area contributed by atoms with Gasteiger partial charge in [-0.1, -0.05) is 17.7 Å². The van der Waals surface area contributed by atoms with Gasteiger partial charge in [0.05, 0.1) is 23.6 Å². The number of pyridine rings is 1. The van der Waals surface area contributed by atoms with Crippen LogP contribution in [-0.4, -0.2) is 31.0 Å². The maximum atomic E-state index is 14.1. The number of methoxy groups -OCH3 is 1. The van der Waals surface area contributed by atoms with Crippen molar-refractivity contribution < 1.29 is 27.5 Å². The molecule has 0 aliphatic heterocycles. The molecule has 1 N–H and O–H groups in total. The summed E-state index contributed by atoms with van der Waals surface area (Å²) >= 11 is 6.35. The fraction of sp³-hybridized carbons (Fsp3) is 0.0870. The highest BCUT2D eigenvalue weighted by atomic mass is 35.5. The first-order valence-electron chi connectivity index (χ1n) is 9.33. The molecule has 2 aromatic heterocycles. The van der Waals surface area contributed by atoms with Gasteiger partial charge in [0.2, 0.25) is 5.71 Å². The lowest BCUT2D eigenvalue weighted by Gasteiger charge is -2.08. The summed E-state index contributed by atoms with van der Waals surface area (Å²) in [5, 5.41) is 2.91. The molecular weight excluding hydrogens is 442 g/mol. The van der Waals surface area contributed by atoms with Crippen LogP contribution in [0.4, 0.5) is 8.78 Å². The third kappa shape index (κ3) is 3.69. The van der Waals surface area contributed by atoms with E-state index >= 15 is 0 Å². The minimum Gasteiger partial charge on any atom is -0.465 e. The number of hydrogen-bond donors (Lipinski definition) is 1. The number of rotatable bonds is 4. The number of amides is 1. The third-order valence-corrected chi connectivity index (χ3v) is 5.17. The smallest absolute Gasteiger partial charge is 0.340 e. The summed E-state index contributed by atoms with van der Waals surface area (Å²) in [6, 6.07) is 10.8. The summed E-state index contributed by atoms with van der Waals surface area (Å²) in [7, 11) is 2.61. The molecular formula is C23H15ClF2N2O4. The molecule has 0 aliphatic rings. The molecule has 0 unspecified atom stereocenters. The fourth-order valence-corrected chi connectivity index (χ4v) is 3.56. The second-order valence-electron chi connectivity index (χ2n) is 6.76. The Morgan fingerprint density at radius 2 is 1.75 bits per heavy atom. The Bertz CT molecular complexity index is 1370. The van der Waals surface area contributed by atoms with Gasteiger partial charge in [-0.15, -0.1) is 0 Å². The van der Waals surface area contributed by atoms with Gasteiger partial charge in [0.1, 0.15) is 22.5 Å². The molecule has 0 saturated carbocycles. The molecule has 2 heterocycles. The van der Waals surface area contributed by atoms with Crippen molar-refractivity contribution in [2.75, 3.05) is 14.2 Å². The summed E-state index contributed by atoms with van der Waals surface area (Å²) in [4.78, 5) is 28.8. The minimum absolute atomic E-state index is 0.0165. The maximum absolute atomic E-state index is 14.1. The van der Waals surface area contributed by atoms with Crippen LogP contribution in [0, 0.1) is 11.6 Å². The molecule has 4 aromatic rings. The Morgan fingerprint density at radius 1 is 1.06 bits per heavy atom. The fourth-order valence-electron chi connectivity index (χ4n) is 3.32. The summed E-state index contributed by atoms with van der Waals surface area (Å²) in [6.45, 7) is 0. The van der Waals surface area contributed by atoms with Crippen molar-refractivity contribution in [3.05, 3.63) is 76.4 Å². The van der Waals surface area contributed by atoms with E-state index in [0.717, 1.165) is 13.2 Å². The van der Waals surface area contributed by atoms with Crippen LogP contribution < -0.4 is 5.32 Å². The summed E-state index contributed by atoms with van der Waals surface area (Å²) in [5.41, 5.74) is 1.20. The average Bonchev–Trinajstić information content (AvgIpc) is 3.16. The molecule has 32 heavy (non-hydrogen) atoms. The van der Waals surface area contributed by atoms with E-state index in [1.54, 1.807) is 6.07 Å². The molecule has 0 radical (unpaired) electrons. The topological polar surface area (TPSA) is 81.4 Å². The molecule has 0 spiro atoms. The number of carbonyl (C=O) groups excluding carboxylic acids is 2. The van der Waals surface area contributed by atoms with E-state index in [1.165, 1.54) is 43.4 Å². The Morgan fingerprint density at radius 3 is 2.41 bits per heavy atom. The van der Waals surface area contributed by atoms with Gasteiger partial charge >= 0.3 is 5.97 Å². The predicted molar refractivity (Wildman–Crippen MR) is 115 cm³/mol. The van der Waals surface area contributed by atoms with Crippen molar-refractivity contribution in [3.63, 3.8) is 0 Å². The molecule has 4 rings (SSSR count). The number of carbonyl (C=O) groups is 2. The molecule has 0 atom stereocenters. The van der Waals surface area contributed by atoms with Gasteiger partial charge in [-0.3, -0.25) is 4.79 Å². The van der Waals surface area contributed by atoms with E-state index in [2.05, 4.69) is 15.0 Å². The van der Waals surface area contributed by atoms with Crippen LogP contribution in [0.1, 0.15) is 20.7 Å². The van der Waals surface area contributed by atoms with Gasteiger partial charge in [-0.05, 0) is 48.0 Å². The quantitative estimate of drug-likeness (QED) is 0.335. The number of aromatic nitrogens is 1. The van der Waals surface area contributed by atoms with Crippen LogP contribution in [0.3, 0.4) is 0 Å². The number of hydrogen-bond acceptors (Lipinski definition) is 5. The molecule has 0 aliphatic carbocycles. The van der Waals surface area contributed by atoms with Gasteiger partial charge in [-0.25, -0.2) is 18.6 Å². The zero-order valence-electron chi connectivity index (χ0n) is 16.8. The first-order valence-corrected chi connectivity index (χ1v) is 9.71. The Balaban J connectivity index is 1.96. The van der Waals surface area contributed by atoms with Gasteiger partial charge in [-0.2, -0.15) is 0 Å². The molecule has 2 aromatic carbocycles. The molecule has 0 fully saturated rings. The zero-order valence-corrected chi connectivity index (χ0v) is 17.6. The highest BCUT2D eigenvalue weighted by Gasteiger charge is 2.24. The number of esters is 1. The van der Waals surface area contributed by atoms with E-state index in [4.69, 9.17) is 16.0 Å². The van der Waals surface area contributed by atoms with E-state index in [1.807, 2.05) is 0 Å². The summed E-state index contributed by atoms with van der Waals surface area (Å²) < 4.78 is 37.9. The average molecular weight is 457 g/mol. The predicted octanol–water partition coefficient (Wildman–Crippen LogP) is 5.24. The largest absolute Gasteiger partial charge is 0.465 e. The normalized spacial score (nSPS) is 10.9. The maximum Gasteiger partial charge on any atom is 0.340 e. The van der Waals surface area contributed by atoms with Crippen molar-refractivity contribution in [1.29, 1.82) is 0 Å². The second-order valence-corrected chi connectivity index (χ2v) is 7.12. The molecule has 9 heteroatoms. The minimum atomic E-state index is -0.845. The molecule has 0 bridgehead atoms. The Hall–Kier alpha value is -3.78. The number of fused-ring (bicyclic) bond motifs is 1. The summed E-state index contributed by atoms with van der Waals surface area (Å²) in [6.07, 6.45) is 0. The molecule has 162 valence electrons. The number of ether oxygens (including phenoxy) is 1. The van der Waals surface area contributed by atoms with Gasteiger partial charge in [0.15, 0.2) is 0 Å². The molecule has 6 nitrogen and oxygen atoms in total. The van der Waals surface area contributed by atoms with Crippen molar-refractivity contribution in [2.24, 2.45) is 0 Å². The standard InChI is InChI=1S/C23H15ClF2N2O4/c1-27-21(29)18-16-10-14(12-5-8-17(26)15(9-12)23(30)31-2)20(24)28-22(16)32-19(18)11-3-6-13(25)7-4-11/h3-10H,1-2H3,(H,27,29). The highest BCUT2D eigenvalue weighted by molar-refractivity contribution is 6.32. The van der Waals surface area contributed by atoms with E-state index < -0.39 is 23.5 Å². The van der Waals surface area contributed by atoms with Crippen LogP contribution in [0.15, 0.2) is 52.9 Å². The van der Waals surface area contributed by atoms with Crippen LogP contribution in [0.25, 0.3) is 33.6 Å². The van der Waals surface area contributed by atoms with Crippen LogP contribution in [0.2, 0.25) is 5.15 Å². The first kappa shape index (κ1) is 21.5. The second kappa shape index (κ2) is 8.39. The van der Waals surface area contributed by atoms with E-state index in [9.17, 15) is 18.4 Å². The highest BCUT2D eigenvalue weighted by Crippen LogP contribution is 2.38. The van der Waals surface area contributed by atoms with E-state index in [0.29, 0.717) is 22.1 Å². The van der Waals surface area contributed by atoms with Crippen molar-refractivity contribution in [3.8, 4) is 22.5 Å². The van der Waals surface area contributed by atoms with Gasteiger partial charge < -0.3 is 14.5 Å². The molecule has 0 saturated heterocycles. The number of halogens is 3. The number of benzene rings is 2. The van der Waals surface area contributed by atoms with Crippen LogP contribution >= 0.6 is 11.6 Å². The SMILES string of the molecule is CNC(=O)c1c(-c2ccc(F)cc2)oc2nc(Cl)c(-c3ccc(F)c(C(=O)OC)c3)cc12. The lowest BCUT2D eigenvalue weighted by Crippen LogP contribution is -2.18. The Labute approximate surface area is 185 Å². The van der Waals surface area contributed by atoms with Crippen molar-refractivity contribution >= 4 is 34.6 Å². The Kier molecular flexibility index (Phi) is 5.63. The third-order valence-electron chi connectivity index (χ3n) is 4.88. The van der Waals surface area contributed by atoms with E-state index in [-0.39, 0.29) is 27.8 Å². The van der Waals surface area contributed by atoms with Crippen molar-refractivity contribution in [1.82, 2.24) is 10.3 Å². The lowest BCUT2D eigenvalue weighted by molar-refractivity contribution is 0.0595. The van der Waals surface area contributed by atoms with Gasteiger partial charge in [0.25, 0.3) is 5.91 Å². The lowest BCUT2D eigenvalue weighted by atomic mass is 10.0. The molecule has 1 amide bonds. The van der Waals surface area contributed by atoms with Crippen molar-refractivity contribution in [2.45, 2.75) is 0 Å². The first-order chi connectivity index (χ1) is 15.3. The zero-order chi connectivity index (χ0) is 23.0. The monoisotopic (exact) mass is 456 g/mol. The number of nitrogens with one attached hydrogen (secondary N) is 1. The summed E-state index contributed by atoms with van der Waals surface area (Å²) in [5.74, 6) is -2.30. The van der Waals surface area contributed by atoms with Gasteiger partial charge in [0, 0.05) is 18.2 Å². The van der Waals surface area contributed by atoms with Crippen LogP contribution in [0.5, 0.6) is 0 Å². The van der Waals surface area contributed by atoms with Crippen LogP contribution in [-0.2, 0) is 4.74 Å². The number of nitrogens with zero attached hydrogens (tertiary/aromatic N) is 1. The number of furan rings is 1.